The maximum Gasteiger partial charge on any atom is 0.123 e. The smallest absolute Gasteiger partial charge is 0.123 e. The predicted molar refractivity (Wildman–Crippen MR) is 70.9 cm³/mol. The van der Waals surface area contributed by atoms with Crippen LogP contribution in [0.3, 0.4) is 0 Å². The Morgan fingerprint density at radius 2 is 1.72 bits per heavy atom. The van der Waals surface area contributed by atoms with E-state index >= 15 is 0 Å². The average Bonchev–Trinajstić information content (AvgIpc) is 2.39. The van der Waals surface area contributed by atoms with Crippen molar-refractivity contribution >= 4 is 10.8 Å². The zero-order valence-corrected chi connectivity index (χ0v) is 9.81. The molecule has 0 radical (unpaired) electrons. The third-order valence-electron chi connectivity index (χ3n) is 2.96. The predicted octanol–water partition coefficient (Wildman–Crippen LogP) is 3.96. The molecular weight excluding hydrogens is 225 g/mol. The van der Waals surface area contributed by atoms with Crippen molar-refractivity contribution in [2.75, 3.05) is 0 Å². The molecule has 1 nitrogen and oxygen atoms in total. The maximum absolute atomic E-state index is 13.1. The summed E-state index contributed by atoms with van der Waals surface area (Å²) in [6.45, 7) is 0. The lowest BCUT2D eigenvalue weighted by atomic mass is 10.1. The molecule has 3 rings (SSSR count). The van der Waals surface area contributed by atoms with Gasteiger partial charge in [-0.05, 0) is 29.1 Å². The minimum atomic E-state index is -0.201. The molecule has 18 heavy (non-hydrogen) atoms. The van der Waals surface area contributed by atoms with Gasteiger partial charge in [0, 0.05) is 23.7 Å². The topological polar surface area (TPSA) is 12.9 Å². The van der Waals surface area contributed by atoms with Crippen molar-refractivity contribution in [2.24, 2.45) is 0 Å². The van der Waals surface area contributed by atoms with Crippen molar-refractivity contribution in [2.45, 2.75) is 6.42 Å². The summed E-state index contributed by atoms with van der Waals surface area (Å²) >= 11 is 0. The number of hydrogen-bond acceptors (Lipinski definition) is 1. The largest absolute Gasteiger partial charge is 0.260 e. The summed E-state index contributed by atoms with van der Waals surface area (Å²) in [6.07, 6.45) is 2.52. The molecule has 0 fully saturated rings. The summed E-state index contributed by atoms with van der Waals surface area (Å²) in [7, 11) is 0. The van der Waals surface area contributed by atoms with Gasteiger partial charge in [-0.2, -0.15) is 0 Å². The highest BCUT2D eigenvalue weighted by Gasteiger charge is 2.01. The minimum absolute atomic E-state index is 0.201. The number of nitrogens with zero attached hydrogens (tertiary/aromatic N) is 1. The van der Waals surface area contributed by atoms with Gasteiger partial charge in [-0.25, -0.2) is 4.39 Å². The SMILES string of the molecule is Fc1cccc(Cc2cc3ccccc3cn2)c1. The van der Waals surface area contributed by atoms with Gasteiger partial charge in [0.05, 0.1) is 0 Å². The van der Waals surface area contributed by atoms with Gasteiger partial charge in [0.15, 0.2) is 0 Å². The number of fused-ring (bicyclic) bond motifs is 1. The van der Waals surface area contributed by atoms with Gasteiger partial charge in [-0.3, -0.25) is 4.98 Å². The van der Waals surface area contributed by atoms with Crippen LogP contribution in [0, 0.1) is 5.82 Å². The van der Waals surface area contributed by atoms with Gasteiger partial charge < -0.3 is 0 Å². The number of benzene rings is 2. The summed E-state index contributed by atoms with van der Waals surface area (Å²) in [5, 5.41) is 2.29. The molecule has 2 aromatic carbocycles. The highest BCUT2D eigenvalue weighted by molar-refractivity contribution is 5.81. The van der Waals surface area contributed by atoms with Gasteiger partial charge in [-0.15, -0.1) is 0 Å². The summed E-state index contributed by atoms with van der Waals surface area (Å²) in [6, 6.07) is 16.8. The number of hydrogen-bond donors (Lipinski definition) is 0. The van der Waals surface area contributed by atoms with Crippen LogP contribution in [0.4, 0.5) is 4.39 Å². The summed E-state index contributed by atoms with van der Waals surface area (Å²) in [5.41, 5.74) is 1.90. The molecule has 0 aliphatic carbocycles. The van der Waals surface area contributed by atoms with E-state index in [0.29, 0.717) is 6.42 Å². The highest BCUT2D eigenvalue weighted by atomic mass is 19.1. The van der Waals surface area contributed by atoms with Crippen molar-refractivity contribution in [3.63, 3.8) is 0 Å². The van der Waals surface area contributed by atoms with E-state index in [2.05, 4.69) is 17.1 Å². The second kappa shape index (κ2) is 4.57. The molecule has 0 unspecified atom stereocenters. The van der Waals surface area contributed by atoms with E-state index in [1.165, 1.54) is 11.5 Å². The first-order valence-corrected chi connectivity index (χ1v) is 5.89. The summed E-state index contributed by atoms with van der Waals surface area (Å²) < 4.78 is 13.1. The first kappa shape index (κ1) is 10.9. The average molecular weight is 237 g/mol. The Balaban J connectivity index is 1.95. The molecule has 0 aliphatic heterocycles. The summed E-state index contributed by atoms with van der Waals surface area (Å²) in [5.74, 6) is -0.201. The Morgan fingerprint density at radius 3 is 2.56 bits per heavy atom. The lowest BCUT2D eigenvalue weighted by Crippen LogP contribution is -1.92. The molecule has 0 atom stereocenters. The van der Waals surface area contributed by atoms with E-state index in [0.717, 1.165) is 16.6 Å². The van der Waals surface area contributed by atoms with Crippen LogP contribution in [-0.4, -0.2) is 4.98 Å². The Kier molecular flexibility index (Phi) is 2.77. The normalized spacial score (nSPS) is 10.7. The fourth-order valence-electron chi connectivity index (χ4n) is 2.08. The van der Waals surface area contributed by atoms with Gasteiger partial charge in [0.1, 0.15) is 5.82 Å². The molecule has 0 bridgehead atoms. The fourth-order valence-corrected chi connectivity index (χ4v) is 2.08. The van der Waals surface area contributed by atoms with Crippen molar-refractivity contribution < 1.29 is 4.39 Å². The van der Waals surface area contributed by atoms with E-state index < -0.39 is 0 Å². The first-order valence-electron chi connectivity index (χ1n) is 5.89. The third kappa shape index (κ3) is 2.23. The molecule has 0 amide bonds. The van der Waals surface area contributed by atoms with Gasteiger partial charge in [0.2, 0.25) is 0 Å². The second-order valence-electron chi connectivity index (χ2n) is 4.33. The molecule has 1 aromatic heterocycles. The lowest BCUT2D eigenvalue weighted by Gasteiger charge is -2.03. The van der Waals surface area contributed by atoms with Crippen molar-refractivity contribution in [1.29, 1.82) is 0 Å². The fraction of sp³-hybridized carbons (Fsp3) is 0.0625. The molecule has 1 heterocycles. The third-order valence-corrected chi connectivity index (χ3v) is 2.96. The van der Waals surface area contributed by atoms with Crippen LogP contribution in [0.2, 0.25) is 0 Å². The molecule has 0 aliphatic rings. The zero-order chi connectivity index (χ0) is 12.4. The van der Waals surface area contributed by atoms with Crippen LogP contribution in [-0.2, 0) is 6.42 Å². The maximum atomic E-state index is 13.1. The van der Waals surface area contributed by atoms with Crippen LogP contribution in [0.25, 0.3) is 10.8 Å². The number of halogens is 1. The van der Waals surface area contributed by atoms with E-state index in [1.807, 2.05) is 30.5 Å². The molecule has 0 saturated carbocycles. The van der Waals surface area contributed by atoms with Gasteiger partial charge in [0.25, 0.3) is 0 Å². The van der Waals surface area contributed by atoms with Crippen LogP contribution in [0.15, 0.2) is 60.8 Å². The molecule has 0 spiro atoms. The molecule has 3 aromatic rings. The van der Waals surface area contributed by atoms with E-state index in [9.17, 15) is 4.39 Å². The lowest BCUT2D eigenvalue weighted by molar-refractivity contribution is 0.626. The molecule has 2 heteroatoms. The quantitative estimate of drug-likeness (QED) is 0.657. The monoisotopic (exact) mass is 237 g/mol. The number of rotatable bonds is 2. The van der Waals surface area contributed by atoms with Crippen LogP contribution >= 0.6 is 0 Å². The van der Waals surface area contributed by atoms with E-state index in [4.69, 9.17) is 0 Å². The molecule has 0 N–H and O–H groups in total. The van der Waals surface area contributed by atoms with E-state index in [1.54, 1.807) is 12.1 Å². The standard InChI is InChI=1S/C16H12FN/c17-15-7-3-4-12(8-15)9-16-10-13-5-1-2-6-14(13)11-18-16/h1-8,10-11H,9H2. The first-order chi connectivity index (χ1) is 8.81. The summed E-state index contributed by atoms with van der Waals surface area (Å²) in [4.78, 5) is 4.41. The Morgan fingerprint density at radius 1 is 0.889 bits per heavy atom. The zero-order valence-electron chi connectivity index (χ0n) is 9.81. The van der Waals surface area contributed by atoms with Crippen molar-refractivity contribution in [1.82, 2.24) is 4.98 Å². The van der Waals surface area contributed by atoms with Gasteiger partial charge >= 0.3 is 0 Å². The second-order valence-corrected chi connectivity index (χ2v) is 4.33. The number of aromatic nitrogens is 1. The van der Waals surface area contributed by atoms with E-state index in [-0.39, 0.29) is 5.82 Å². The highest BCUT2D eigenvalue weighted by Crippen LogP contribution is 2.16. The van der Waals surface area contributed by atoms with Crippen molar-refractivity contribution in [3.05, 3.63) is 77.9 Å². The van der Waals surface area contributed by atoms with Crippen LogP contribution in [0.5, 0.6) is 0 Å². The van der Waals surface area contributed by atoms with Gasteiger partial charge in [-0.1, -0.05) is 36.4 Å². The number of pyridine rings is 1. The molecule has 0 saturated heterocycles. The minimum Gasteiger partial charge on any atom is -0.260 e. The Labute approximate surface area is 105 Å². The Bertz CT molecular complexity index is 691. The van der Waals surface area contributed by atoms with Crippen molar-refractivity contribution in [3.8, 4) is 0 Å². The molecule has 88 valence electrons. The van der Waals surface area contributed by atoms with Crippen LogP contribution < -0.4 is 0 Å². The molecular formula is C16H12FN. The Hall–Kier alpha value is -2.22. The van der Waals surface area contributed by atoms with Crippen LogP contribution in [0.1, 0.15) is 11.3 Å².